The molecular formula is C13H18ClN3O. The van der Waals surface area contributed by atoms with E-state index in [0.29, 0.717) is 23.4 Å². The topological polar surface area (TPSA) is 73.3 Å². The zero-order valence-corrected chi connectivity index (χ0v) is 11.2. The largest absolute Gasteiger partial charge is 0.390 e. The molecule has 1 aliphatic rings. The van der Waals surface area contributed by atoms with Crippen LogP contribution in [0.3, 0.4) is 0 Å². The van der Waals surface area contributed by atoms with Gasteiger partial charge in [0, 0.05) is 29.4 Å². The van der Waals surface area contributed by atoms with Gasteiger partial charge in [0.15, 0.2) is 0 Å². The van der Waals surface area contributed by atoms with Crippen molar-refractivity contribution in [3.8, 4) is 0 Å². The van der Waals surface area contributed by atoms with Crippen LogP contribution in [0.4, 0.5) is 5.69 Å². The van der Waals surface area contributed by atoms with Crippen molar-refractivity contribution in [1.82, 2.24) is 0 Å². The summed E-state index contributed by atoms with van der Waals surface area (Å²) in [6, 6.07) is 5.40. The molecule has 0 radical (unpaired) electrons. The summed E-state index contributed by atoms with van der Waals surface area (Å²) >= 11 is 5.93. The average molecular weight is 268 g/mol. The monoisotopic (exact) mass is 267 g/mol. The maximum atomic E-state index is 9.95. The van der Waals surface area contributed by atoms with Gasteiger partial charge >= 0.3 is 0 Å². The first-order chi connectivity index (χ1) is 8.39. The second-order valence-electron chi connectivity index (χ2n) is 5.06. The van der Waals surface area contributed by atoms with Crippen LogP contribution in [0.15, 0.2) is 18.2 Å². The summed E-state index contributed by atoms with van der Waals surface area (Å²) in [6.45, 7) is 3.38. The Morgan fingerprint density at radius 3 is 2.61 bits per heavy atom. The number of piperidine rings is 1. The molecule has 2 rings (SSSR count). The number of rotatable bonds is 2. The van der Waals surface area contributed by atoms with Gasteiger partial charge in [-0.15, -0.1) is 0 Å². The molecule has 0 aromatic heterocycles. The standard InChI is InChI=1S/C13H18ClN3O/c1-13(18)4-6-17(7-5-13)11-3-2-9(14)8-10(11)12(15)16/h2-3,8,18H,4-7H2,1H3,(H3,15,16). The van der Waals surface area contributed by atoms with Gasteiger partial charge in [-0.25, -0.2) is 0 Å². The minimum Gasteiger partial charge on any atom is -0.390 e. The smallest absolute Gasteiger partial charge is 0.124 e. The lowest BCUT2D eigenvalue weighted by atomic mass is 9.93. The summed E-state index contributed by atoms with van der Waals surface area (Å²) in [5, 5.41) is 18.1. The molecule has 0 unspecified atom stereocenters. The second-order valence-corrected chi connectivity index (χ2v) is 5.50. The number of nitrogens with one attached hydrogen (secondary N) is 1. The van der Waals surface area contributed by atoms with Gasteiger partial charge in [0.25, 0.3) is 0 Å². The maximum absolute atomic E-state index is 9.95. The van der Waals surface area contributed by atoms with Crippen LogP contribution in [0.5, 0.6) is 0 Å². The van der Waals surface area contributed by atoms with E-state index in [4.69, 9.17) is 22.7 Å². The van der Waals surface area contributed by atoms with E-state index in [1.54, 1.807) is 12.1 Å². The van der Waals surface area contributed by atoms with E-state index >= 15 is 0 Å². The molecule has 18 heavy (non-hydrogen) atoms. The Labute approximate surface area is 112 Å². The summed E-state index contributed by atoms with van der Waals surface area (Å²) in [4.78, 5) is 2.14. The molecule has 0 saturated carbocycles. The SMILES string of the molecule is CC1(O)CCN(c2ccc(Cl)cc2C(=N)N)CC1. The number of hydrogen-bond acceptors (Lipinski definition) is 3. The minimum atomic E-state index is -0.584. The Bertz CT molecular complexity index is 463. The number of hydrogen-bond donors (Lipinski definition) is 3. The summed E-state index contributed by atoms with van der Waals surface area (Å²) in [5.41, 5.74) is 6.58. The summed E-state index contributed by atoms with van der Waals surface area (Å²) < 4.78 is 0. The van der Waals surface area contributed by atoms with Gasteiger partial charge in [0.2, 0.25) is 0 Å². The van der Waals surface area contributed by atoms with Crippen LogP contribution in [0.25, 0.3) is 0 Å². The van der Waals surface area contributed by atoms with Crippen molar-refractivity contribution in [2.45, 2.75) is 25.4 Å². The number of nitrogens with two attached hydrogens (primary N) is 1. The van der Waals surface area contributed by atoms with Crippen molar-refractivity contribution >= 4 is 23.1 Å². The number of benzene rings is 1. The molecular weight excluding hydrogens is 250 g/mol. The zero-order chi connectivity index (χ0) is 13.3. The van der Waals surface area contributed by atoms with Gasteiger partial charge in [-0.1, -0.05) is 11.6 Å². The fourth-order valence-corrected chi connectivity index (χ4v) is 2.40. The van der Waals surface area contributed by atoms with E-state index in [2.05, 4.69) is 4.90 Å². The lowest BCUT2D eigenvalue weighted by Crippen LogP contribution is -2.43. The Hall–Kier alpha value is -1.26. The minimum absolute atomic E-state index is 0.0184. The van der Waals surface area contributed by atoms with Crippen LogP contribution in [0, 0.1) is 5.41 Å². The molecule has 98 valence electrons. The number of aliphatic hydroxyl groups is 1. The Morgan fingerprint density at radius 1 is 1.44 bits per heavy atom. The van der Waals surface area contributed by atoms with E-state index in [1.165, 1.54) is 0 Å². The maximum Gasteiger partial charge on any atom is 0.124 e. The summed E-state index contributed by atoms with van der Waals surface area (Å²) in [7, 11) is 0. The first-order valence-electron chi connectivity index (χ1n) is 6.00. The normalized spacial score (nSPS) is 18.7. The highest BCUT2D eigenvalue weighted by atomic mass is 35.5. The van der Waals surface area contributed by atoms with Gasteiger partial charge in [-0.05, 0) is 38.0 Å². The quantitative estimate of drug-likeness (QED) is 0.567. The molecule has 4 nitrogen and oxygen atoms in total. The van der Waals surface area contributed by atoms with Crippen LogP contribution in [-0.4, -0.2) is 29.6 Å². The zero-order valence-electron chi connectivity index (χ0n) is 10.4. The van der Waals surface area contributed by atoms with Crippen molar-refractivity contribution in [2.24, 2.45) is 5.73 Å². The highest BCUT2D eigenvalue weighted by Gasteiger charge is 2.28. The fraction of sp³-hybridized carbons (Fsp3) is 0.462. The first-order valence-corrected chi connectivity index (χ1v) is 6.38. The van der Waals surface area contributed by atoms with Crippen molar-refractivity contribution in [3.05, 3.63) is 28.8 Å². The van der Waals surface area contributed by atoms with Crippen LogP contribution in [-0.2, 0) is 0 Å². The number of anilines is 1. The average Bonchev–Trinajstić information content (AvgIpc) is 2.29. The molecule has 1 aromatic rings. The number of amidine groups is 1. The van der Waals surface area contributed by atoms with Gasteiger partial charge in [0.1, 0.15) is 5.84 Å². The van der Waals surface area contributed by atoms with E-state index in [-0.39, 0.29) is 5.84 Å². The highest BCUT2D eigenvalue weighted by molar-refractivity contribution is 6.31. The lowest BCUT2D eigenvalue weighted by Gasteiger charge is -2.37. The molecule has 0 atom stereocenters. The molecule has 1 saturated heterocycles. The predicted octanol–water partition coefficient (Wildman–Crippen LogP) is 1.98. The molecule has 0 bridgehead atoms. The molecule has 1 aliphatic heterocycles. The van der Waals surface area contributed by atoms with Crippen molar-refractivity contribution in [1.29, 1.82) is 5.41 Å². The number of halogens is 1. The third kappa shape index (κ3) is 2.76. The van der Waals surface area contributed by atoms with Crippen LogP contribution in [0.1, 0.15) is 25.3 Å². The molecule has 1 aromatic carbocycles. The van der Waals surface area contributed by atoms with E-state index in [9.17, 15) is 5.11 Å². The molecule has 1 heterocycles. The number of nitrogens with zero attached hydrogens (tertiary/aromatic N) is 1. The van der Waals surface area contributed by atoms with E-state index in [0.717, 1.165) is 18.8 Å². The first kappa shape index (κ1) is 13.2. The van der Waals surface area contributed by atoms with Gasteiger partial charge in [-0.2, -0.15) is 0 Å². The third-order valence-electron chi connectivity index (χ3n) is 3.43. The lowest BCUT2D eigenvalue weighted by molar-refractivity contribution is 0.0351. The molecule has 4 N–H and O–H groups in total. The predicted molar refractivity (Wildman–Crippen MR) is 74.5 cm³/mol. The molecule has 0 aliphatic carbocycles. The summed E-state index contributed by atoms with van der Waals surface area (Å²) in [5.74, 6) is 0.0184. The van der Waals surface area contributed by atoms with Crippen molar-refractivity contribution in [3.63, 3.8) is 0 Å². The fourth-order valence-electron chi connectivity index (χ4n) is 2.23. The molecule has 0 spiro atoms. The van der Waals surface area contributed by atoms with E-state index < -0.39 is 5.60 Å². The van der Waals surface area contributed by atoms with Gasteiger partial charge in [-0.3, -0.25) is 5.41 Å². The van der Waals surface area contributed by atoms with Crippen LogP contribution < -0.4 is 10.6 Å². The third-order valence-corrected chi connectivity index (χ3v) is 3.67. The van der Waals surface area contributed by atoms with Crippen LogP contribution in [0.2, 0.25) is 5.02 Å². The Kier molecular flexibility index (Phi) is 3.50. The van der Waals surface area contributed by atoms with Crippen molar-refractivity contribution < 1.29 is 5.11 Å². The Morgan fingerprint density at radius 2 is 2.06 bits per heavy atom. The van der Waals surface area contributed by atoms with E-state index in [1.807, 2.05) is 13.0 Å². The van der Waals surface area contributed by atoms with Crippen molar-refractivity contribution in [2.75, 3.05) is 18.0 Å². The second kappa shape index (κ2) is 4.78. The summed E-state index contributed by atoms with van der Waals surface area (Å²) in [6.07, 6.45) is 1.43. The van der Waals surface area contributed by atoms with Crippen LogP contribution >= 0.6 is 11.6 Å². The van der Waals surface area contributed by atoms with Gasteiger partial charge in [0.05, 0.1) is 5.60 Å². The van der Waals surface area contributed by atoms with Gasteiger partial charge < -0.3 is 15.7 Å². The molecule has 5 heteroatoms. The Balaban J connectivity index is 2.26. The number of nitrogen functional groups attached to an aromatic ring is 1. The molecule has 1 fully saturated rings. The molecule has 0 amide bonds. The highest BCUT2D eigenvalue weighted by Crippen LogP contribution is 2.29.